The lowest BCUT2D eigenvalue weighted by Crippen LogP contribution is -2.38. The molecule has 2 aliphatic rings. The second kappa shape index (κ2) is 7.21. The number of hydrogen-bond donors (Lipinski definition) is 2. The Hall–Kier alpha value is -2.80. The number of anilines is 1. The molecule has 0 saturated heterocycles. The van der Waals surface area contributed by atoms with Gasteiger partial charge in [0.25, 0.3) is 0 Å². The van der Waals surface area contributed by atoms with Crippen molar-refractivity contribution in [3.8, 4) is 5.75 Å². The van der Waals surface area contributed by atoms with Gasteiger partial charge in [-0.15, -0.1) is 0 Å². The summed E-state index contributed by atoms with van der Waals surface area (Å²) in [6.45, 7) is 3.53. The summed E-state index contributed by atoms with van der Waals surface area (Å²) in [5.74, 6) is 0.884. The van der Waals surface area contributed by atoms with Crippen molar-refractivity contribution in [1.82, 2.24) is 20.0 Å². The van der Waals surface area contributed by atoms with Crippen molar-refractivity contribution in [2.75, 3.05) is 31.6 Å². The van der Waals surface area contributed by atoms with Gasteiger partial charge in [0.15, 0.2) is 0 Å². The minimum Gasteiger partial charge on any atom is -0.492 e. The van der Waals surface area contributed by atoms with E-state index in [2.05, 4.69) is 21.8 Å². The molecule has 7 heteroatoms. The second-order valence-electron chi connectivity index (χ2n) is 6.54. The molecule has 2 aromatic rings. The summed E-state index contributed by atoms with van der Waals surface area (Å²) in [4.78, 5) is 14.4. The lowest BCUT2D eigenvalue weighted by atomic mass is 10.1. The highest BCUT2D eigenvalue weighted by atomic mass is 16.5. The Bertz CT molecular complexity index is 842. The minimum atomic E-state index is -0.0762. The SMILES string of the molecule is Cn1nccc1C1=CCN(C(=O)Nc2ccc3c(c2)CNCCO3)CC1. The molecule has 3 heterocycles. The zero-order valence-electron chi connectivity index (χ0n) is 14.9. The highest BCUT2D eigenvalue weighted by Crippen LogP contribution is 2.25. The quantitative estimate of drug-likeness (QED) is 0.868. The van der Waals surface area contributed by atoms with Gasteiger partial charge < -0.3 is 20.3 Å². The van der Waals surface area contributed by atoms with Gasteiger partial charge in [-0.05, 0) is 36.3 Å². The van der Waals surface area contributed by atoms with E-state index in [9.17, 15) is 4.79 Å². The Kier molecular flexibility index (Phi) is 4.62. The first-order valence-corrected chi connectivity index (χ1v) is 8.90. The monoisotopic (exact) mass is 353 g/mol. The van der Waals surface area contributed by atoms with Crippen LogP contribution in [0.2, 0.25) is 0 Å². The number of urea groups is 1. The van der Waals surface area contributed by atoms with Gasteiger partial charge in [0, 0.05) is 50.7 Å². The van der Waals surface area contributed by atoms with E-state index < -0.39 is 0 Å². The highest BCUT2D eigenvalue weighted by molar-refractivity contribution is 5.90. The van der Waals surface area contributed by atoms with Gasteiger partial charge in [0.05, 0.1) is 5.69 Å². The molecule has 0 spiro atoms. The van der Waals surface area contributed by atoms with Gasteiger partial charge >= 0.3 is 6.03 Å². The first-order valence-electron chi connectivity index (χ1n) is 8.90. The van der Waals surface area contributed by atoms with Crippen molar-refractivity contribution in [2.24, 2.45) is 7.05 Å². The fourth-order valence-electron chi connectivity index (χ4n) is 3.37. The number of fused-ring (bicyclic) bond motifs is 1. The molecule has 0 unspecified atom stereocenters. The summed E-state index contributed by atoms with van der Waals surface area (Å²) in [5.41, 5.74) is 4.21. The van der Waals surface area contributed by atoms with Gasteiger partial charge in [0.1, 0.15) is 12.4 Å². The number of nitrogens with one attached hydrogen (secondary N) is 2. The third-order valence-corrected chi connectivity index (χ3v) is 4.81. The molecule has 1 aromatic heterocycles. The van der Waals surface area contributed by atoms with Crippen LogP contribution in [0.4, 0.5) is 10.5 Å². The number of hydrogen-bond acceptors (Lipinski definition) is 4. The number of rotatable bonds is 2. The lowest BCUT2D eigenvalue weighted by molar-refractivity contribution is 0.217. The highest BCUT2D eigenvalue weighted by Gasteiger charge is 2.19. The van der Waals surface area contributed by atoms with Crippen LogP contribution < -0.4 is 15.4 Å². The molecule has 2 N–H and O–H groups in total. The molecular formula is C19H23N5O2. The van der Waals surface area contributed by atoms with Gasteiger partial charge in [-0.1, -0.05) is 6.08 Å². The van der Waals surface area contributed by atoms with Gasteiger partial charge in [-0.25, -0.2) is 4.79 Å². The Morgan fingerprint density at radius 3 is 3.04 bits per heavy atom. The Labute approximate surface area is 152 Å². The average Bonchev–Trinajstić information content (AvgIpc) is 2.95. The van der Waals surface area contributed by atoms with Crippen LogP contribution in [0.5, 0.6) is 5.75 Å². The predicted octanol–water partition coefficient (Wildman–Crippen LogP) is 2.22. The third-order valence-electron chi connectivity index (χ3n) is 4.81. The Morgan fingerprint density at radius 1 is 1.35 bits per heavy atom. The molecule has 0 atom stereocenters. The zero-order valence-corrected chi connectivity index (χ0v) is 14.9. The average molecular weight is 353 g/mol. The van der Waals surface area contributed by atoms with Crippen molar-refractivity contribution < 1.29 is 9.53 Å². The van der Waals surface area contributed by atoms with E-state index in [1.54, 1.807) is 6.20 Å². The van der Waals surface area contributed by atoms with Gasteiger partial charge in [-0.3, -0.25) is 4.68 Å². The maximum absolute atomic E-state index is 12.6. The molecule has 0 fully saturated rings. The normalized spacial score (nSPS) is 17.0. The van der Waals surface area contributed by atoms with Crippen LogP contribution in [-0.4, -0.2) is 47.0 Å². The summed E-state index contributed by atoms with van der Waals surface area (Å²) in [6, 6.07) is 7.73. The number of carbonyl (C=O) groups is 1. The van der Waals surface area contributed by atoms with Crippen LogP contribution in [0, 0.1) is 0 Å². The summed E-state index contributed by atoms with van der Waals surface area (Å²) in [5, 5.41) is 10.5. The summed E-state index contributed by atoms with van der Waals surface area (Å²) in [6.07, 6.45) is 4.73. The van der Waals surface area contributed by atoms with Gasteiger partial charge in [-0.2, -0.15) is 5.10 Å². The number of ether oxygens (including phenoxy) is 1. The Balaban J connectivity index is 1.41. The molecule has 26 heavy (non-hydrogen) atoms. The maximum Gasteiger partial charge on any atom is 0.322 e. The minimum absolute atomic E-state index is 0.0762. The number of aromatic nitrogens is 2. The number of carbonyl (C=O) groups excluding carboxylic acids is 1. The van der Waals surface area contributed by atoms with E-state index in [-0.39, 0.29) is 6.03 Å². The molecular weight excluding hydrogens is 330 g/mol. The predicted molar refractivity (Wildman–Crippen MR) is 100 cm³/mol. The van der Waals surface area contributed by atoms with Crippen molar-refractivity contribution in [2.45, 2.75) is 13.0 Å². The van der Waals surface area contributed by atoms with E-state index >= 15 is 0 Å². The number of aryl methyl sites for hydroxylation is 1. The van der Waals surface area contributed by atoms with Crippen LogP contribution in [0.15, 0.2) is 36.5 Å². The molecule has 136 valence electrons. The Morgan fingerprint density at radius 2 is 2.27 bits per heavy atom. The molecule has 4 rings (SSSR count). The summed E-state index contributed by atoms with van der Waals surface area (Å²) >= 11 is 0. The maximum atomic E-state index is 12.6. The topological polar surface area (TPSA) is 71.4 Å². The summed E-state index contributed by atoms with van der Waals surface area (Å²) < 4.78 is 7.55. The molecule has 0 bridgehead atoms. The van der Waals surface area contributed by atoms with Crippen LogP contribution >= 0.6 is 0 Å². The number of nitrogens with zero attached hydrogens (tertiary/aromatic N) is 3. The van der Waals surface area contributed by atoms with Crippen molar-refractivity contribution in [3.63, 3.8) is 0 Å². The van der Waals surface area contributed by atoms with Crippen molar-refractivity contribution in [3.05, 3.63) is 47.8 Å². The largest absolute Gasteiger partial charge is 0.492 e. The molecule has 2 aliphatic heterocycles. The van der Waals surface area contributed by atoms with E-state index in [0.717, 1.165) is 42.2 Å². The van der Waals surface area contributed by atoms with Crippen molar-refractivity contribution in [1.29, 1.82) is 0 Å². The van der Waals surface area contributed by atoms with E-state index in [4.69, 9.17) is 4.74 Å². The molecule has 0 radical (unpaired) electrons. The lowest BCUT2D eigenvalue weighted by Gasteiger charge is -2.27. The zero-order chi connectivity index (χ0) is 17.9. The second-order valence-corrected chi connectivity index (χ2v) is 6.54. The van der Waals surface area contributed by atoms with Crippen LogP contribution in [-0.2, 0) is 13.6 Å². The smallest absolute Gasteiger partial charge is 0.322 e. The molecule has 0 saturated carbocycles. The fourth-order valence-corrected chi connectivity index (χ4v) is 3.37. The summed E-state index contributed by atoms with van der Waals surface area (Å²) in [7, 11) is 1.94. The van der Waals surface area contributed by atoms with Crippen LogP contribution in [0.3, 0.4) is 0 Å². The molecule has 0 aliphatic carbocycles. The standard InChI is InChI=1S/C19H23N5O2/c1-23-17(4-7-21-23)14-5-9-24(10-6-14)19(25)22-16-2-3-18-15(12-16)13-20-8-11-26-18/h2-5,7,12,20H,6,8-11,13H2,1H3,(H,22,25). The van der Waals surface area contributed by atoms with E-state index in [0.29, 0.717) is 19.7 Å². The van der Waals surface area contributed by atoms with Crippen molar-refractivity contribution >= 4 is 17.3 Å². The van der Waals surface area contributed by atoms with E-state index in [1.807, 2.05) is 40.9 Å². The first-order chi connectivity index (χ1) is 12.7. The molecule has 7 nitrogen and oxygen atoms in total. The van der Waals surface area contributed by atoms with Crippen LogP contribution in [0.25, 0.3) is 5.57 Å². The molecule has 2 amide bonds. The number of amides is 2. The molecule has 1 aromatic carbocycles. The number of benzene rings is 1. The first kappa shape index (κ1) is 16.7. The van der Waals surface area contributed by atoms with Gasteiger partial charge in [0.2, 0.25) is 0 Å². The van der Waals surface area contributed by atoms with Crippen LogP contribution in [0.1, 0.15) is 17.7 Å². The van der Waals surface area contributed by atoms with E-state index in [1.165, 1.54) is 5.57 Å². The third kappa shape index (κ3) is 3.43. The fraction of sp³-hybridized carbons (Fsp3) is 0.368.